The predicted molar refractivity (Wildman–Crippen MR) is 123 cm³/mol. The standard InChI is InChI=1S/C25H27N5O2/c1-17-4-6-20(7-5-17)21-15-23(32-27-21)25(31)29-12-10-28(11-13-29)16-22-19(3)26-24-14-18(2)8-9-30(22)24/h4-9,14-15H,10-13,16H2,1-3H3. The lowest BCUT2D eigenvalue weighted by atomic mass is 10.1. The number of amides is 1. The van der Waals surface area contributed by atoms with Crippen LogP contribution in [0.2, 0.25) is 0 Å². The monoisotopic (exact) mass is 429 g/mol. The van der Waals surface area contributed by atoms with Gasteiger partial charge in [0.2, 0.25) is 5.76 Å². The highest BCUT2D eigenvalue weighted by Gasteiger charge is 2.26. The van der Waals surface area contributed by atoms with Crippen molar-refractivity contribution < 1.29 is 9.32 Å². The zero-order chi connectivity index (χ0) is 22.2. The fourth-order valence-corrected chi connectivity index (χ4v) is 4.22. The number of carbonyl (C=O) groups excluding carboxylic acids is 1. The molecule has 0 N–H and O–H groups in total. The Bertz CT molecular complexity index is 1260. The third-order valence-electron chi connectivity index (χ3n) is 6.18. The fraction of sp³-hybridized carbons (Fsp3) is 0.320. The number of carbonyl (C=O) groups is 1. The van der Waals surface area contributed by atoms with Crippen molar-refractivity contribution in [3.8, 4) is 11.3 Å². The van der Waals surface area contributed by atoms with Crippen molar-refractivity contribution in [1.29, 1.82) is 0 Å². The smallest absolute Gasteiger partial charge is 0.292 e. The van der Waals surface area contributed by atoms with E-state index in [0.717, 1.165) is 36.5 Å². The third kappa shape index (κ3) is 3.91. The minimum atomic E-state index is -0.100. The van der Waals surface area contributed by atoms with Gasteiger partial charge in [-0.25, -0.2) is 4.98 Å². The molecular weight excluding hydrogens is 402 g/mol. The largest absolute Gasteiger partial charge is 0.350 e. The molecule has 1 aromatic carbocycles. The van der Waals surface area contributed by atoms with Gasteiger partial charge >= 0.3 is 0 Å². The second-order valence-electron chi connectivity index (χ2n) is 8.59. The number of aryl methyl sites for hydroxylation is 3. The number of hydrogen-bond donors (Lipinski definition) is 0. The number of hydrogen-bond acceptors (Lipinski definition) is 5. The minimum Gasteiger partial charge on any atom is -0.350 e. The molecule has 32 heavy (non-hydrogen) atoms. The number of pyridine rings is 1. The van der Waals surface area contributed by atoms with E-state index in [2.05, 4.69) is 46.6 Å². The Kier molecular flexibility index (Phi) is 5.27. The van der Waals surface area contributed by atoms with E-state index in [1.165, 1.54) is 16.8 Å². The first kappa shape index (κ1) is 20.5. The molecule has 1 aliphatic heterocycles. The van der Waals surface area contributed by atoms with Crippen molar-refractivity contribution in [3.63, 3.8) is 0 Å². The maximum Gasteiger partial charge on any atom is 0.292 e. The molecule has 1 saturated heterocycles. The number of aromatic nitrogens is 3. The molecule has 4 aromatic rings. The van der Waals surface area contributed by atoms with Gasteiger partial charge in [-0.2, -0.15) is 0 Å². The summed E-state index contributed by atoms with van der Waals surface area (Å²) in [6, 6.07) is 14.0. The first-order chi connectivity index (χ1) is 15.5. The van der Waals surface area contributed by atoms with Gasteiger partial charge in [0.1, 0.15) is 11.3 Å². The van der Waals surface area contributed by atoms with Crippen molar-refractivity contribution in [2.75, 3.05) is 26.2 Å². The highest BCUT2D eigenvalue weighted by atomic mass is 16.5. The first-order valence-corrected chi connectivity index (χ1v) is 11.0. The normalized spacial score (nSPS) is 14.9. The average molecular weight is 430 g/mol. The summed E-state index contributed by atoms with van der Waals surface area (Å²) >= 11 is 0. The zero-order valence-electron chi connectivity index (χ0n) is 18.7. The lowest BCUT2D eigenvalue weighted by molar-refractivity contribution is 0.0587. The molecule has 0 radical (unpaired) electrons. The molecule has 4 heterocycles. The van der Waals surface area contributed by atoms with Crippen LogP contribution in [0, 0.1) is 20.8 Å². The summed E-state index contributed by atoms with van der Waals surface area (Å²) in [4.78, 5) is 21.9. The Hall–Kier alpha value is -3.45. The fourth-order valence-electron chi connectivity index (χ4n) is 4.22. The number of imidazole rings is 1. The summed E-state index contributed by atoms with van der Waals surface area (Å²) in [5.41, 5.74) is 7.27. The summed E-state index contributed by atoms with van der Waals surface area (Å²) < 4.78 is 7.55. The molecule has 0 saturated carbocycles. The molecule has 164 valence electrons. The van der Waals surface area contributed by atoms with E-state index >= 15 is 0 Å². The minimum absolute atomic E-state index is 0.100. The molecule has 3 aromatic heterocycles. The quantitative estimate of drug-likeness (QED) is 0.493. The summed E-state index contributed by atoms with van der Waals surface area (Å²) in [6.45, 7) is 9.94. The van der Waals surface area contributed by atoms with Gasteiger partial charge < -0.3 is 13.8 Å². The van der Waals surface area contributed by atoms with Crippen LogP contribution in [-0.4, -0.2) is 56.4 Å². The van der Waals surface area contributed by atoms with E-state index in [1.807, 2.05) is 36.1 Å². The Morgan fingerprint density at radius 3 is 2.47 bits per heavy atom. The van der Waals surface area contributed by atoms with Crippen LogP contribution in [0.15, 0.2) is 53.2 Å². The maximum absolute atomic E-state index is 12.9. The molecule has 0 unspecified atom stereocenters. The maximum atomic E-state index is 12.9. The Morgan fingerprint density at radius 1 is 0.969 bits per heavy atom. The Labute approximate surface area is 187 Å². The third-order valence-corrected chi connectivity index (χ3v) is 6.18. The highest BCUT2D eigenvalue weighted by molar-refractivity contribution is 5.92. The van der Waals surface area contributed by atoms with Crippen LogP contribution >= 0.6 is 0 Å². The van der Waals surface area contributed by atoms with Crippen molar-refractivity contribution in [3.05, 3.63) is 76.9 Å². The molecule has 1 fully saturated rings. The van der Waals surface area contributed by atoms with Gasteiger partial charge in [0.25, 0.3) is 5.91 Å². The second-order valence-corrected chi connectivity index (χ2v) is 8.59. The molecule has 0 bridgehead atoms. The average Bonchev–Trinajstić information content (AvgIpc) is 3.39. The van der Waals surface area contributed by atoms with Gasteiger partial charge in [-0.3, -0.25) is 9.69 Å². The summed E-state index contributed by atoms with van der Waals surface area (Å²) in [6.07, 6.45) is 2.09. The van der Waals surface area contributed by atoms with Gasteiger partial charge in [0, 0.05) is 50.6 Å². The van der Waals surface area contributed by atoms with Crippen LogP contribution in [0.5, 0.6) is 0 Å². The second kappa shape index (κ2) is 8.24. The van der Waals surface area contributed by atoms with Gasteiger partial charge in [0.15, 0.2) is 0 Å². The molecule has 0 spiro atoms. The molecule has 5 rings (SSSR count). The van der Waals surface area contributed by atoms with Crippen molar-refractivity contribution in [1.82, 2.24) is 24.3 Å². The van der Waals surface area contributed by atoms with Crippen molar-refractivity contribution in [2.45, 2.75) is 27.3 Å². The number of nitrogens with zero attached hydrogens (tertiary/aromatic N) is 5. The Morgan fingerprint density at radius 2 is 1.72 bits per heavy atom. The number of benzene rings is 1. The van der Waals surface area contributed by atoms with Crippen LogP contribution < -0.4 is 0 Å². The molecule has 1 amide bonds. The van der Waals surface area contributed by atoms with E-state index in [-0.39, 0.29) is 5.91 Å². The van der Waals surface area contributed by atoms with Gasteiger partial charge in [0.05, 0.1) is 11.4 Å². The molecule has 1 aliphatic rings. The number of fused-ring (bicyclic) bond motifs is 1. The highest BCUT2D eigenvalue weighted by Crippen LogP contribution is 2.21. The van der Waals surface area contributed by atoms with E-state index in [9.17, 15) is 4.79 Å². The van der Waals surface area contributed by atoms with Crippen molar-refractivity contribution in [2.24, 2.45) is 0 Å². The van der Waals surface area contributed by atoms with Gasteiger partial charge in [-0.1, -0.05) is 35.0 Å². The van der Waals surface area contributed by atoms with Crippen LogP contribution in [0.4, 0.5) is 0 Å². The van der Waals surface area contributed by atoms with Crippen LogP contribution in [0.3, 0.4) is 0 Å². The van der Waals surface area contributed by atoms with Crippen LogP contribution in [0.1, 0.15) is 33.1 Å². The predicted octanol–water partition coefficient (Wildman–Crippen LogP) is 3.87. The molecule has 0 aliphatic carbocycles. The van der Waals surface area contributed by atoms with E-state index in [1.54, 1.807) is 6.07 Å². The molecule has 7 nitrogen and oxygen atoms in total. The topological polar surface area (TPSA) is 66.9 Å². The first-order valence-electron chi connectivity index (χ1n) is 11.0. The molecule has 7 heteroatoms. The van der Waals surface area contributed by atoms with E-state index in [0.29, 0.717) is 24.5 Å². The van der Waals surface area contributed by atoms with E-state index in [4.69, 9.17) is 9.51 Å². The van der Waals surface area contributed by atoms with Gasteiger partial charge in [-0.15, -0.1) is 0 Å². The lowest BCUT2D eigenvalue weighted by Crippen LogP contribution is -2.48. The number of rotatable bonds is 4. The SMILES string of the molecule is Cc1ccc(-c2cc(C(=O)N3CCN(Cc4c(C)nc5cc(C)ccn45)CC3)on2)cc1. The lowest BCUT2D eigenvalue weighted by Gasteiger charge is -2.34. The molecule has 0 atom stereocenters. The van der Waals surface area contributed by atoms with Crippen LogP contribution in [0.25, 0.3) is 16.9 Å². The van der Waals surface area contributed by atoms with Crippen LogP contribution in [-0.2, 0) is 6.54 Å². The van der Waals surface area contributed by atoms with Crippen molar-refractivity contribution >= 4 is 11.6 Å². The number of piperazine rings is 1. The summed E-state index contributed by atoms with van der Waals surface area (Å²) in [5, 5.41) is 4.10. The zero-order valence-corrected chi connectivity index (χ0v) is 18.7. The summed E-state index contributed by atoms with van der Waals surface area (Å²) in [5.74, 6) is 0.194. The summed E-state index contributed by atoms with van der Waals surface area (Å²) in [7, 11) is 0. The van der Waals surface area contributed by atoms with E-state index < -0.39 is 0 Å². The Balaban J connectivity index is 1.23. The molecular formula is C25H27N5O2. The van der Waals surface area contributed by atoms with Gasteiger partial charge in [-0.05, 0) is 38.5 Å².